The summed E-state index contributed by atoms with van der Waals surface area (Å²) in [6, 6.07) is 3.86. The summed E-state index contributed by atoms with van der Waals surface area (Å²) in [6.07, 6.45) is 0. The second kappa shape index (κ2) is 2.47. The highest BCUT2D eigenvalue weighted by Gasteiger charge is 1.93. The molecule has 0 aromatic carbocycles. The first-order valence-electron chi connectivity index (χ1n) is 2.46. The van der Waals surface area contributed by atoms with E-state index in [-0.39, 0.29) is 0 Å². The van der Waals surface area contributed by atoms with E-state index in [0.717, 1.165) is 5.56 Å². The molecule has 0 N–H and O–H groups in total. The van der Waals surface area contributed by atoms with Gasteiger partial charge in [-0.1, -0.05) is 6.58 Å². The number of hydrogen-bond donors (Lipinski definition) is 0. The van der Waals surface area contributed by atoms with E-state index < -0.39 is 0 Å². The fraction of sp³-hybridized carbons (Fsp3) is 0. The quantitative estimate of drug-likeness (QED) is 0.542. The van der Waals surface area contributed by atoms with Gasteiger partial charge in [0.25, 0.3) is 0 Å². The maximum Gasteiger partial charge on any atom is 0.0991 e. The molecule has 1 heterocycles. The molecule has 44 valence electrons. The molecule has 9 heavy (non-hydrogen) atoms. The van der Waals surface area contributed by atoms with Gasteiger partial charge in [-0.3, -0.25) is 0 Å². The minimum absolute atomic E-state index is 0.538. The van der Waals surface area contributed by atoms with Crippen LogP contribution in [0.15, 0.2) is 23.4 Å². The van der Waals surface area contributed by atoms with Crippen molar-refractivity contribution in [1.29, 1.82) is 5.26 Å². The molecule has 0 bridgehead atoms. The molecule has 1 aromatic heterocycles. The van der Waals surface area contributed by atoms with Crippen LogP contribution >= 0.6 is 11.3 Å². The summed E-state index contributed by atoms with van der Waals surface area (Å²) in [7, 11) is 0. The van der Waals surface area contributed by atoms with Crippen molar-refractivity contribution >= 4 is 16.9 Å². The van der Waals surface area contributed by atoms with Gasteiger partial charge in [0.1, 0.15) is 0 Å². The van der Waals surface area contributed by atoms with Crippen LogP contribution in [0.25, 0.3) is 5.57 Å². The third-order valence-electron chi connectivity index (χ3n) is 1.00. The average Bonchev–Trinajstić information content (AvgIpc) is 2.37. The fourth-order valence-corrected chi connectivity index (χ4v) is 1.17. The SMILES string of the molecule is C=C(C#N)c1ccsc1. The zero-order valence-electron chi connectivity index (χ0n) is 4.79. The summed E-state index contributed by atoms with van der Waals surface area (Å²) in [5.41, 5.74) is 1.47. The highest BCUT2D eigenvalue weighted by atomic mass is 32.1. The number of rotatable bonds is 1. The number of thiophene rings is 1. The van der Waals surface area contributed by atoms with Crippen LogP contribution in [0.5, 0.6) is 0 Å². The Morgan fingerprint density at radius 2 is 2.56 bits per heavy atom. The molecule has 0 radical (unpaired) electrons. The molecular weight excluding hydrogens is 130 g/mol. The molecule has 0 aliphatic rings. The molecule has 0 aliphatic heterocycles. The van der Waals surface area contributed by atoms with Crippen LogP contribution in [0.3, 0.4) is 0 Å². The van der Waals surface area contributed by atoms with Crippen molar-refractivity contribution in [3.05, 3.63) is 29.0 Å². The van der Waals surface area contributed by atoms with Gasteiger partial charge in [0.15, 0.2) is 0 Å². The monoisotopic (exact) mass is 135 g/mol. The Kier molecular flexibility index (Phi) is 1.66. The first-order chi connectivity index (χ1) is 4.34. The summed E-state index contributed by atoms with van der Waals surface area (Å²) < 4.78 is 0. The van der Waals surface area contributed by atoms with Crippen molar-refractivity contribution < 1.29 is 0 Å². The van der Waals surface area contributed by atoms with Crippen LogP contribution in [-0.2, 0) is 0 Å². The van der Waals surface area contributed by atoms with E-state index in [1.807, 2.05) is 22.9 Å². The Balaban J connectivity index is 2.93. The van der Waals surface area contributed by atoms with Gasteiger partial charge in [0.05, 0.1) is 11.6 Å². The lowest BCUT2D eigenvalue weighted by Crippen LogP contribution is -1.68. The van der Waals surface area contributed by atoms with E-state index in [2.05, 4.69) is 6.58 Å². The zero-order valence-corrected chi connectivity index (χ0v) is 5.61. The Bertz CT molecular complexity index is 240. The van der Waals surface area contributed by atoms with E-state index in [4.69, 9.17) is 5.26 Å². The van der Waals surface area contributed by atoms with E-state index in [1.165, 1.54) is 0 Å². The Morgan fingerprint density at radius 3 is 3.00 bits per heavy atom. The van der Waals surface area contributed by atoms with Crippen molar-refractivity contribution in [2.24, 2.45) is 0 Å². The van der Waals surface area contributed by atoms with Gasteiger partial charge in [-0.2, -0.15) is 16.6 Å². The van der Waals surface area contributed by atoms with Crippen molar-refractivity contribution in [2.45, 2.75) is 0 Å². The van der Waals surface area contributed by atoms with Crippen molar-refractivity contribution in [1.82, 2.24) is 0 Å². The molecule has 0 saturated heterocycles. The maximum absolute atomic E-state index is 8.36. The lowest BCUT2D eigenvalue weighted by atomic mass is 10.2. The van der Waals surface area contributed by atoms with E-state index in [1.54, 1.807) is 11.3 Å². The zero-order chi connectivity index (χ0) is 6.69. The standard InChI is InChI=1S/C7H5NS/c1-6(4-8)7-2-3-9-5-7/h2-3,5H,1H2. The molecule has 0 amide bonds. The van der Waals surface area contributed by atoms with Crippen LogP contribution in [0.1, 0.15) is 5.56 Å². The van der Waals surface area contributed by atoms with Gasteiger partial charge in [-0.05, 0) is 16.8 Å². The van der Waals surface area contributed by atoms with E-state index in [9.17, 15) is 0 Å². The summed E-state index contributed by atoms with van der Waals surface area (Å²) in [5, 5.41) is 12.2. The van der Waals surface area contributed by atoms with E-state index >= 15 is 0 Å². The highest BCUT2D eigenvalue weighted by Crippen LogP contribution is 2.13. The molecule has 2 heteroatoms. The molecule has 0 atom stereocenters. The number of allylic oxidation sites excluding steroid dienone is 1. The first-order valence-corrected chi connectivity index (χ1v) is 3.40. The summed E-state index contributed by atoms with van der Waals surface area (Å²) in [4.78, 5) is 0. The predicted molar refractivity (Wildman–Crippen MR) is 39.0 cm³/mol. The molecule has 1 nitrogen and oxygen atoms in total. The second-order valence-corrected chi connectivity index (χ2v) is 2.38. The predicted octanol–water partition coefficient (Wildman–Crippen LogP) is 2.28. The number of nitrogens with zero attached hydrogens (tertiary/aromatic N) is 1. The molecule has 0 fully saturated rings. The maximum atomic E-state index is 8.36. The van der Waals surface area contributed by atoms with Crippen molar-refractivity contribution in [3.8, 4) is 6.07 Å². The Labute approximate surface area is 57.9 Å². The topological polar surface area (TPSA) is 23.8 Å². The molecule has 1 rings (SSSR count). The first kappa shape index (κ1) is 6.06. The van der Waals surface area contributed by atoms with Gasteiger partial charge in [0.2, 0.25) is 0 Å². The highest BCUT2D eigenvalue weighted by molar-refractivity contribution is 7.08. The average molecular weight is 135 g/mol. The van der Waals surface area contributed by atoms with Crippen molar-refractivity contribution in [2.75, 3.05) is 0 Å². The van der Waals surface area contributed by atoms with Gasteiger partial charge in [-0.15, -0.1) is 0 Å². The van der Waals surface area contributed by atoms with Gasteiger partial charge in [0, 0.05) is 5.56 Å². The van der Waals surface area contributed by atoms with Crippen LogP contribution < -0.4 is 0 Å². The fourth-order valence-electron chi connectivity index (χ4n) is 0.501. The summed E-state index contributed by atoms with van der Waals surface area (Å²) in [5.74, 6) is 0. The summed E-state index contributed by atoms with van der Waals surface area (Å²) in [6.45, 7) is 3.56. The lowest BCUT2D eigenvalue weighted by molar-refractivity contribution is 1.53. The smallest absolute Gasteiger partial charge is 0.0991 e. The minimum Gasteiger partial charge on any atom is -0.192 e. The Hall–Kier alpha value is -1.07. The Morgan fingerprint density at radius 1 is 1.78 bits per heavy atom. The normalized spacial score (nSPS) is 8.33. The molecular formula is C7H5NS. The van der Waals surface area contributed by atoms with Crippen LogP contribution in [0.2, 0.25) is 0 Å². The van der Waals surface area contributed by atoms with Crippen LogP contribution in [0.4, 0.5) is 0 Å². The van der Waals surface area contributed by atoms with Gasteiger partial charge >= 0.3 is 0 Å². The number of hydrogen-bond acceptors (Lipinski definition) is 2. The number of nitriles is 1. The third kappa shape index (κ3) is 1.18. The lowest BCUT2D eigenvalue weighted by Gasteiger charge is -1.83. The van der Waals surface area contributed by atoms with Crippen LogP contribution in [0, 0.1) is 11.3 Å². The molecule has 0 aliphatic carbocycles. The van der Waals surface area contributed by atoms with E-state index in [0.29, 0.717) is 5.57 Å². The molecule has 0 saturated carbocycles. The molecule has 0 spiro atoms. The van der Waals surface area contributed by atoms with Crippen molar-refractivity contribution in [3.63, 3.8) is 0 Å². The van der Waals surface area contributed by atoms with Gasteiger partial charge < -0.3 is 0 Å². The van der Waals surface area contributed by atoms with Crippen LogP contribution in [-0.4, -0.2) is 0 Å². The summed E-state index contributed by atoms with van der Waals surface area (Å²) >= 11 is 1.57. The third-order valence-corrected chi connectivity index (χ3v) is 1.69. The second-order valence-electron chi connectivity index (χ2n) is 1.60. The molecule has 1 aromatic rings. The van der Waals surface area contributed by atoms with Gasteiger partial charge in [-0.25, -0.2) is 0 Å². The largest absolute Gasteiger partial charge is 0.192 e. The molecule has 0 unspecified atom stereocenters. The minimum atomic E-state index is 0.538.